The second kappa shape index (κ2) is 4.08. The Morgan fingerprint density at radius 3 is 2.92 bits per heavy atom. The van der Waals surface area contributed by atoms with E-state index in [9.17, 15) is 0 Å². The van der Waals surface area contributed by atoms with E-state index in [4.69, 9.17) is 18.2 Å². The van der Waals surface area contributed by atoms with Gasteiger partial charge in [-0.1, -0.05) is 11.6 Å². The van der Waals surface area contributed by atoms with Gasteiger partial charge in [-0.15, -0.1) is 0 Å². The second-order valence-corrected chi connectivity index (χ2v) is 2.96. The van der Waals surface area contributed by atoms with Gasteiger partial charge in [0.25, 0.3) is 0 Å². The van der Waals surface area contributed by atoms with Crippen molar-refractivity contribution in [1.29, 1.82) is 0 Å². The highest BCUT2D eigenvalue weighted by atomic mass is 35.5. The highest BCUT2D eigenvalue weighted by Gasteiger charge is 1.98. The van der Waals surface area contributed by atoms with Crippen molar-refractivity contribution >= 4 is 11.6 Å². The number of rotatable bonds is 2. The van der Waals surface area contributed by atoms with Crippen LogP contribution < -0.4 is 0 Å². The molecule has 0 aliphatic heterocycles. The Balaban J connectivity index is 2.80. The normalized spacial score (nSPS) is 9.42. The number of hydrogen-bond acceptors (Lipinski definition) is 1. The molecule has 0 bridgehead atoms. The van der Waals surface area contributed by atoms with Crippen LogP contribution in [0.15, 0.2) is 12.1 Å². The van der Waals surface area contributed by atoms with Crippen LogP contribution in [0, 0.1) is 13.5 Å². The zero-order chi connectivity index (χ0) is 8.97. The number of pyridine rings is 1. The predicted octanol–water partition coefficient (Wildman–Crippen LogP) is 2.51. The lowest BCUT2D eigenvalue weighted by atomic mass is 10.2. The van der Waals surface area contributed by atoms with Gasteiger partial charge in [0.15, 0.2) is 0 Å². The van der Waals surface area contributed by atoms with Crippen LogP contribution in [-0.4, -0.2) is 11.5 Å². The van der Waals surface area contributed by atoms with Crippen LogP contribution in [0.25, 0.3) is 4.85 Å². The molecule has 0 aliphatic carbocycles. The molecule has 62 valence electrons. The summed E-state index contributed by atoms with van der Waals surface area (Å²) in [6.45, 7) is 9.05. The third-order valence-electron chi connectivity index (χ3n) is 1.49. The first-order valence-electron chi connectivity index (χ1n) is 3.68. The number of aromatic nitrogens is 1. The van der Waals surface area contributed by atoms with Gasteiger partial charge in [-0.3, -0.25) is 0 Å². The van der Waals surface area contributed by atoms with Gasteiger partial charge in [0, 0.05) is 12.1 Å². The van der Waals surface area contributed by atoms with Gasteiger partial charge in [-0.25, -0.2) is 11.6 Å². The Bertz CT molecular complexity index is 295. The smallest absolute Gasteiger partial charge is 0.218 e. The Hall–Kier alpha value is -1.07. The minimum absolute atomic E-state index is 0.509. The van der Waals surface area contributed by atoms with Crippen molar-refractivity contribution in [3.8, 4) is 0 Å². The lowest BCUT2D eigenvalue weighted by Gasteiger charge is -1.98. The summed E-state index contributed by atoms with van der Waals surface area (Å²) in [5.74, 6) is 0. The van der Waals surface area contributed by atoms with E-state index in [2.05, 4.69) is 9.83 Å². The molecule has 0 atom stereocenters. The SMILES string of the molecule is [C-]#[N+]CCc1cc(C)nc(Cl)c1. The van der Waals surface area contributed by atoms with E-state index >= 15 is 0 Å². The highest BCUT2D eigenvalue weighted by Crippen LogP contribution is 2.10. The van der Waals surface area contributed by atoms with Crippen molar-refractivity contribution in [2.24, 2.45) is 0 Å². The molecule has 0 aromatic carbocycles. The summed E-state index contributed by atoms with van der Waals surface area (Å²) in [4.78, 5) is 7.31. The van der Waals surface area contributed by atoms with Crippen LogP contribution in [0.5, 0.6) is 0 Å². The summed E-state index contributed by atoms with van der Waals surface area (Å²) < 4.78 is 0. The van der Waals surface area contributed by atoms with Gasteiger partial charge in [-0.05, 0) is 24.6 Å². The zero-order valence-electron chi connectivity index (χ0n) is 6.84. The minimum Gasteiger partial charge on any atom is -0.317 e. The predicted molar refractivity (Wildman–Crippen MR) is 49.2 cm³/mol. The second-order valence-electron chi connectivity index (χ2n) is 2.57. The number of hydrogen-bond donors (Lipinski definition) is 0. The Morgan fingerprint density at radius 1 is 1.58 bits per heavy atom. The Labute approximate surface area is 77.0 Å². The van der Waals surface area contributed by atoms with Gasteiger partial charge in [0.1, 0.15) is 5.15 Å². The van der Waals surface area contributed by atoms with E-state index in [0.29, 0.717) is 11.7 Å². The van der Waals surface area contributed by atoms with Gasteiger partial charge >= 0.3 is 0 Å². The van der Waals surface area contributed by atoms with Gasteiger partial charge in [0.2, 0.25) is 6.54 Å². The van der Waals surface area contributed by atoms with Crippen molar-refractivity contribution in [3.05, 3.63) is 40.0 Å². The fourth-order valence-electron chi connectivity index (χ4n) is 1.03. The maximum Gasteiger partial charge on any atom is 0.218 e. The molecular weight excluding hydrogens is 172 g/mol. The lowest BCUT2D eigenvalue weighted by Crippen LogP contribution is -1.91. The average molecular weight is 181 g/mol. The lowest BCUT2D eigenvalue weighted by molar-refractivity contribution is 1.05. The summed E-state index contributed by atoms with van der Waals surface area (Å²) in [5.41, 5.74) is 1.99. The monoisotopic (exact) mass is 180 g/mol. The first-order valence-corrected chi connectivity index (χ1v) is 4.06. The van der Waals surface area contributed by atoms with Crippen molar-refractivity contribution in [3.63, 3.8) is 0 Å². The quantitative estimate of drug-likeness (QED) is 0.505. The summed E-state index contributed by atoms with van der Waals surface area (Å²) in [6, 6.07) is 3.76. The zero-order valence-corrected chi connectivity index (χ0v) is 7.60. The third-order valence-corrected chi connectivity index (χ3v) is 1.69. The Morgan fingerprint density at radius 2 is 2.33 bits per heavy atom. The number of nitrogens with zero attached hydrogens (tertiary/aromatic N) is 2. The fraction of sp³-hybridized carbons (Fsp3) is 0.333. The van der Waals surface area contributed by atoms with Crippen molar-refractivity contribution < 1.29 is 0 Å². The van der Waals surface area contributed by atoms with Crippen LogP contribution in [0.2, 0.25) is 5.15 Å². The summed E-state index contributed by atoms with van der Waals surface area (Å²) in [5, 5.41) is 0.509. The van der Waals surface area contributed by atoms with Crippen molar-refractivity contribution in [1.82, 2.24) is 4.98 Å². The Kier molecular flexibility index (Phi) is 3.07. The molecule has 2 nitrogen and oxygen atoms in total. The number of aryl methyl sites for hydroxylation is 1. The standard InChI is InChI=1S/C9H9ClN2/c1-7-5-8(3-4-11-2)6-9(10)12-7/h5-6H,3-4H2,1H3. The van der Waals surface area contributed by atoms with E-state index in [1.165, 1.54) is 0 Å². The highest BCUT2D eigenvalue weighted by molar-refractivity contribution is 6.29. The van der Waals surface area contributed by atoms with Gasteiger partial charge in [0.05, 0.1) is 0 Å². The topological polar surface area (TPSA) is 17.2 Å². The van der Waals surface area contributed by atoms with Crippen molar-refractivity contribution in [2.45, 2.75) is 13.3 Å². The van der Waals surface area contributed by atoms with Gasteiger partial charge in [-0.2, -0.15) is 0 Å². The maximum atomic E-state index is 6.64. The van der Waals surface area contributed by atoms with E-state index in [1.54, 1.807) is 6.07 Å². The average Bonchev–Trinajstić information content (AvgIpc) is 1.99. The molecular formula is C9H9ClN2. The van der Waals surface area contributed by atoms with E-state index < -0.39 is 0 Å². The minimum atomic E-state index is 0.509. The van der Waals surface area contributed by atoms with Gasteiger partial charge < -0.3 is 4.85 Å². The first-order chi connectivity index (χ1) is 5.72. The summed E-state index contributed by atoms with van der Waals surface area (Å²) >= 11 is 5.74. The first kappa shape index (κ1) is 9.02. The molecule has 0 saturated heterocycles. The molecule has 0 radical (unpaired) electrons. The molecule has 1 aromatic rings. The van der Waals surface area contributed by atoms with E-state index in [-0.39, 0.29) is 0 Å². The third kappa shape index (κ3) is 2.52. The number of halogens is 1. The molecule has 3 heteroatoms. The van der Waals surface area contributed by atoms with Crippen molar-refractivity contribution in [2.75, 3.05) is 6.54 Å². The molecule has 0 unspecified atom stereocenters. The van der Waals surface area contributed by atoms with Crippen LogP contribution >= 0.6 is 11.6 Å². The van der Waals surface area contributed by atoms with Crippen LogP contribution in [-0.2, 0) is 6.42 Å². The molecule has 1 aromatic heterocycles. The van der Waals surface area contributed by atoms with Crippen LogP contribution in [0.4, 0.5) is 0 Å². The fourth-order valence-corrected chi connectivity index (χ4v) is 1.30. The molecule has 0 spiro atoms. The molecule has 1 heterocycles. The molecule has 0 amide bonds. The molecule has 12 heavy (non-hydrogen) atoms. The van der Waals surface area contributed by atoms with E-state index in [0.717, 1.165) is 17.7 Å². The molecule has 0 fully saturated rings. The molecule has 0 N–H and O–H groups in total. The summed E-state index contributed by atoms with van der Waals surface area (Å²) in [6.07, 6.45) is 0.757. The maximum absolute atomic E-state index is 6.64. The van der Waals surface area contributed by atoms with Crippen LogP contribution in [0.3, 0.4) is 0 Å². The van der Waals surface area contributed by atoms with E-state index in [1.807, 2.05) is 13.0 Å². The molecule has 0 saturated carbocycles. The largest absolute Gasteiger partial charge is 0.317 e. The molecule has 0 aliphatic rings. The molecule has 1 rings (SSSR count). The van der Waals surface area contributed by atoms with Crippen LogP contribution in [0.1, 0.15) is 11.3 Å². The summed E-state index contributed by atoms with van der Waals surface area (Å²) in [7, 11) is 0.